The standard InChI is InChI=1S/C15H20N4/c1-11(2)16-9-14-10-19(18-17-14)15-7-6-12-4-3-5-13(12)8-15/h6-8,10-11,16H,3-5,9H2,1-2H3. The molecule has 4 nitrogen and oxygen atoms in total. The van der Waals surface area contributed by atoms with Crippen LogP contribution < -0.4 is 5.32 Å². The zero-order valence-corrected chi connectivity index (χ0v) is 11.6. The quantitative estimate of drug-likeness (QED) is 0.912. The summed E-state index contributed by atoms with van der Waals surface area (Å²) in [5, 5.41) is 11.8. The number of rotatable bonds is 4. The van der Waals surface area contributed by atoms with Gasteiger partial charge in [0.05, 0.1) is 17.6 Å². The predicted octanol–water partition coefficient (Wildman–Crippen LogP) is 2.25. The van der Waals surface area contributed by atoms with Crippen molar-refractivity contribution in [2.24, 2.45) is 0 Å². The Hall–Kier alpha value is -1.68. The average molecular weight is 256 g/mol. The molecule has 4 heteroatoms. The number of nitrogens with one attached hydrogen (secondary N) is 1. The van der Waals surface area contributed by atoms with Crippen LogP contribution in [0.4, 0.5) is 0 Å². The SMILES string of the molecule is CC(C)NCc1cn(-c2ccc3c(c2)CCC3)nn1. The second-order valence-electron chi connectivity index (χ2n) is 5.50. The molecule has 2 aromatic rings. The average Bonchev–Trinajstić information content (AvgIpc) is 3.04. The molecule has 0 saturated carbocycles. The molecular formula is C15H20N4. The molecule has 0 radical (unpaired) electrons. The van der Waals surface area contributed by atoms with Crippen LogP contribution in [-0.2, 0) is 19.4 Å². The van der Waals surface area contributed by atoms with Gasteiger partial charge in [0.1, 0.15) is 0 Å². The fourth-order valence-electron chi connectivity index (χ4n) is 2.52. The highest BCUT2D eigenvalue weighted by Crippen LogP contribution is 2.24. The summed E-state index contributed by atoms with van der Waals surface area (Å²) in [6.07, 6.45) is 5.70. The molecule has 0 saturated heterocycles. The number of aryl methyl sites for hydroxylation is 2. The van der Waals surface area contributed by atoms with E-state index in [2.05, 4.69) is 47.7 Å². The van der Waals surface area contributed by atoms with Gasteiger partial charge in [-0.2, -0.15) is 0 Å². The lowest BCUT2D eigenvalue weighted by Gasteiger charge is -2.05. The lowest BCUT2D eigenvalue weighted by Crippen LogP contribution is -2.21. The molecule has 0 aliphatic heterocycles. The fraction of sp³-hybridized carbons (Fsp3) is 0.467. The first-order valence-electron chi connectivity index (χ1n) is 6.99. The smallest absolute Gasteiger partial charge is 0.0969 e. The number of hydrogen-bond donors (Lipinski definition) is 1. The molecule has 1 aliphatic carbocycles. The van der Waals surface area contributed by atoms with Crippen LogP contribution >= 0.6 is 0 Å². The highest BCUT2D eigenvalue weighted by molar-refractivity contribution is 5.42. The minimum Gasteiger partial charge on any atom is -0.309 e. The molecule has 100 valence electrons. The molecule has 3 rings (SSSR count). The third kappa shape index (κ3) is 2.68. The molecule has 1 aliphatic rings. The maximum Gasteiger partial charge on any atom is 0.0969 e. The highest BCUT2D eigenvalue weighted by Gasteiger charge is 2.12. The Morgan fingerprint density at radius 3 is 2.95 bits per heavy atom. The van der Waals surface area contributed by atoms with Crippen LogP contribution in [0.25, 0.3) is 5.69 Å². The molecule has 1 aromatic heterocycles. The van der Waals surface area contributed by atoms with Crippen LogP contribution in [0.3, 0.4) is 0 Å². The Morgan fingerprint density at radius 2 is 2.11 bits per heavy atom. The zero-order chi connectivity index (χ0) is 13.2. The van der Waals surface area contributed by atoms with Crippen molar-refractivity contribution in [1.82, 2.24) is 20.3 Å². The lowest BCUT2D eigenvalue weighted by molar-refractivity contribution is 0.580. The first kappa shape index (κ1) is 12.4. The number of nitrogens with zero attached hydrogens (tertiary/aromatic N) is 3. The maximum atomic E-state index is 4.22. The van der Waals surface area contributed by atoms with Crippen LogP contribution in [0.5, 0.6) is 0 Å². The Bertz CT molecular complexity index is 571. The molecule has 0 amide bonds. The molecule has 0 unspecified atom stereocenters. The first-order chi connectivity index (χ1) is 9.22. The molecule has 1 N–H and O–H groups in total. The van der Waals surface area contributed by atoms with Gasteiger partial charge in [-0.1, -0.05) is 25.1 Å². The molecule has 0 fully saturated rings. The summed E-state index contributed by atoms with van der Waals surface area (Å²) in [5.74, 6) is 0. The molecule has 0 spiro atoms. The Labute approximate surface area is 113 Å². The monoisotopic (exact) mass is 256 g/mol. The topological polar surface area (TPSA) is 42.7 Å². The number of benzene rings is 1. The van der Waals surface area contributed by atoms with Crippen LogP contribution in [0.15, 0.2) is 24.4 Å². The van der Waals surface area contributed by atoms with Gasteiger partial charge in [0.25, 0.3) is 0 Å². The van der Waals surface area contributed by atoms with Gasteiger partial charge in [0, 0.05) is 12.6 Å². The third-order valence-electron chi connectivity index (χ3n) is 3.58. The van der Waals surface area contributed by atoms with E-state index in [9.17, 15) is 0 Å². The first-order valence-corrected chi connectivity index (χ1v) is 6.99. The summed E-state index contributed by atoms with van der Waals surface area (Å²) in [6, 6.07) is 7.07. The Morgan fingerprint density at radius 1 is 1.26 bits per heavy atom. The van der Waals surface area contributed by atoms with Gasteiger partial charge in [-0.15, -0.1) is 5.10 Å². The largest absolute Gasteiger partial charge is 0.309 e. The van der Waals surface area contributed by atoms with E-state index in [-0.39, 0.29) is 0 Å². The maximum absolute atomic E-state index is 4.22. The van der Waals surface area contributed by atoms with Crippen LogP contribution in [0.2, 0.25) is 0 Å². The highest BCUT2D eigenvalue weighted by atomic mass is 15.4. The molecule has 1 heterocycles. The molecular weight excluding hydrogens is 236 g/mol. The van der Waals surface area contributed by atoms with Gasteiger partial charge in [0.2, 0.25) is 0 Å². The molecule has 1 aromatic carbocycles. The van der Waals surface area contributed by atoms with Gasteiger partial charge in [-0.05, 0) is 42.5 Å². The summed E-state index contributed by atoms with van der Waals surface area (Å²) in [4.78, 5) is 0. The van der Waals surface area contributed by atoms with Crippen molar-refractivity contribution < 1.29 is 0 Å². The summed E-state index contributed by atoms with van der Waals surface area (Å²) in [7, 11) is 0. The van der Waals surface area contributed by atoms with E-state index in [1.54, 1.807) is 0 Å². The van der Waals surface area contributed by atoms with Crippen LogP contribution in [0, 0.1) is 0 Å². The number of aromatic nitrogens is 3. The van der Waals surface area contributed by atoms with Crippen LogP contribution in [-0.4, -0.2) is 21.0 Å². The van der Waals surface area contributed by atoms with Crippen LogP contribution in [0.1, 0.15) is 37.1 Å². The molecule has 0 atom stereocenters. The minimum atomic E-state index is 0.463. The number of hydrogen-bond acceptors (Lipinski definition) is 3. The van der Waals surface area contributed by atoms with Crippen molar-refractivity contribution in [3.8, 4) is 5.69 Å². The van der Waals surface area contributed by atoms with Crippen molar-refractivity contribution in [2.75, 3.05) is 0 Å². The van der Waals surface area contributed by atoms with E-state index < -0.39 is 0 Å². The van der Waals surface area contributed by atoms with Gasteiger partial charge < -0.3 is 5.32 Å². The van der Waals surface area contributed by atoms with Gasteiger partial charge in [-0.25, -0.2) is 4.68 Å². The van der Waals surface area contributed by atoms with E-state index in [0.717, 1.165) is 17.9 Å². The number of fused-ring (bicyclic) bond motifs is 1. The van der Waals surface area contributed by atoms with Crippen molar-refractivity contribution in [2.45, 2.75) is 45.7 Å². The minimum absolute atomic E-state index is 0.463. The van der Waals surface area contributed by atoms with Gasteiger partial charge >= 0.3 is 0 Å². The summed E-state index contributed by atoms with van der Waals surface area (Å²) >= 11 is 0. The van der Waals surface area contributed by atoms with Crippen molar-refractivity contribution in [3.05, 3.63) is 41.2 Å². The third-order valence-corrected chi connectivity index (χ3v) is 3.58. The second kappa shape index (κ2) is 5.13. The van der Waals surface area contributed by atoms with Crippen molar-refractivity contribution in [3.63, 3.8) is 0 Å². The Kier molecular flexibility index (Phi) is 3.34. The van der Waals surface area contributed by atoms with E-state index in [0.29, 0.717) is 6.04 Å². The van der Waals surface area contributed by atoms with E-state index in [1.807, 2.05) is 10.9 Å². The predicted molar refractivity (Wildman–Crippen MR) is 75.4 cm³/mol. The molecule has 0 bridgehead atoms. The Balaban J connectivity index is 1.79. The van der Waals surface area contributed by atoms with E-state index in [4.69, 9.17) is 0 Å². The van der Waals surface area contributed by atoms with Gasteiger partial charge in [-0.3, -0.25) is 0 Å². The van der Waals surface area contributed by atoms with Crippen molar-refractivity contribution in [1.29, 1.82) is 0 Å². The summed E-state index contributed by atoms with van der Waals surface area (Å²) < 4.78 is 1.87. The fourth-order valence-corrected chi connectivity index (χ4v) is 2.52. The lowest BCUT2D eigenvalue weighted by atomic mass is 10.1. The van der Waals surface area contributed by atoms with E-state index >= 15 is 0 Å². The zero-order valence-electron chi connectivity index (χ0n) is 11.6. The van der Waals surface area contributed by atoms with E-state index in [1.165, 1.54) is 30.4 Å². The molecule has 19 heavy (non-hydrogen) atoms. The summed E-state index contributed by atoms with van der Waals surface area (Å²) in [5.41, 5.74) is 5.05. The normalized spacial score (nSPS) is 14.1. The van der Waals surface area contributed by atoms with Gasteiger partial charge in [0.15, 0.2) is 0 Å². The summed E-state index contributed by atoms with van der Waals surface area (Å²) in [6.45, 7) is 5.03. The second-order valence-corrected chi connectivity index (χ2v) is 5.50. The van der Waals surface area contributed by atoms with Crippen molar-refractivity contribution >= 4 is 0 Å².